The van der Waals surface area contributed by atoms with E-state index in [2.05, 4.69) is 20.7 Å². The van der Waals surface area contributed by atoms with Crippen LogP contribution in [0.5, 0.6) is 0 Å². The lowest BCUT2D eigenvalue weighted by Crippen LogP contribution is -2.31. The lowest BCUT2D eigenvalue weighted by molar-refractivity contribution is -0.112. The Kier molecular flexibility index (Phi) is 8.23. The Bertz CT molecular complexity index is 707. The van der Waals surface area contributed by atoms with Gasteiger partial charge in [0.25, 0.3) is 5.91 Å². The molecule has 0 fully saturated rings. The van der Waals surface area contributed by atoms with Crippen LogP contribution in [0.3, 0.4) is 0 Å². The van der Waals surface area contributed by atoms with Gasteiger partial charge in [0.2, 0.25) is 0 Å². The van der Waals surface area contributed by atoms with Crippen molar-refractivity contribution in [3.8, 4) is 6.07 Å². The highest BCUT2D eigenvalue weighted by atomic mass is 16.5. The number of hydrogen-bond acceptors (Lipinski definition) is 6. The number of nitriles is 1. The van der Waals surface area contributed by atoms with Crippen LogP contribution in [0.15, 0.2) is 36.0 Å². The second kappa shape index (κ2) is 10.4. The molecule has 0 aliphatic rings. The summed E-state index contributed by atoms with van der Waals surface area (Å²) in [5.74, 6) is -0.725. The monoisotopic (exact) mass is 344 g/mol. The van der Waals surface area contributed by atoms with Crippen molar-refractivity contribution < 1.29 is 19.1 Å². The molecule has 3 N–H and O–H groups in total. The first-order valence-electron chi connectivity index (χ1n) is 7.64. The van der Waals surface area contributed by atoms with E-state index in [-0.39, 0.29) is 24.5 Å². The zero-order valence-electron chi connectivity index (χ0n) is 14.1. The summed E-state index contributed by atoms with van der Waals surface area (Å²) in [5, 5.41) is 16.9. The van der Waals surface area contributed by atoms with E-state index in [1.165, 1.54) is 19.2 Å². The van der Waals surface area contributed by atoms with E-state index in [1.54, 1.807) is 31.2 Å². The number of anilines is 1. The fourth-order valence-corrected chi connectivity index (χ4v) is 1.76. The Morgan fingerprint density at radius 2 is 2.04 bits per heavy atom. The van der Waals surface area contributed by atoms with Crippen molar-refractivity contribution in [1.29, 1.82) is 5.26 Å². The third kappa shape index (κ3) is 7.18. The molecule has 0 spiro atoms. The average molecular weight is 344 g/mol. The van der Waals surface area contributed by atoms with Crippen molar-refractivity contribution >= 4 is 23.5 Å². The molecule has 0 saturated carbocycles. The van der Waals surface area contributed by atoms with Gasteiger partial charge in [0.05, 0.1) is 6.61 Å². The van der Waals surface area contributed by atoms with Gasteiger partial charge in [-0.15, -0.1) is 0 Å². The molecule has 8 heteroatoms. The maximum absolute atomic E-state index is 12.1. The number of nitrogens with zero attached hydrogens (tertiary/aromatic N) is 1. The number of carbonyl (C=O) groups excluding carboxylic acids is 3. The second-order valence-corrected chi connectivity index (χ2v) is 4.86. The van der Waals surface area contributed by atoms with Crippen molar-refractivity contribution in [2.24, 2.45) is 0 Å². The van der Waals surface area contributed by atoms with Crippen molar-refractivity contribution in [1.82, 2.24) is 10.6 Å². The van der Waals surface area contributed by atoms with Crippen LogP contribution in [0.1, 0.15) is 24.2 Å². The van der Waals surface area contributed by atoms with E-state index in [0.717, 1.165) is 0 Å². The molecule has 132 valence electrons. The number of carbonyl (C=O) groups is 3. The van der Waals surface area contributed by atoms with Crippen LogP contribution in [0.2, 0.25) is 0 Å². The Hall–Kier alpha value is -3.34. The molecule has 0 aliphatic heterocycles. The number of benzene rings is 1. The lowest BCUT2D eigenvalue weighted by Gasteiger charge is -2.07. The third-order valence-corrected chi connectivity index (χ3v) is 2.95. The van der Waals surface area contributed by atoms with Crippen LogP contribution in [-0.4, -0.2) is 37.5 Å². The van der Waals surface area contributed by atoms with Gasteiger partial charge in [-0.2, -0.15) is 5.26 Å². The van der Waals surface area contributed by atoms with E-state index >= 15 is 0 Å². The van der Waals surface area contributed by atoms with Crippen molar-refractivity contribution in [3.63, 3.8) is 0 Å². The van der Waals surface area contributed by atoms with Gasteiger partial charge in [-0.05, 0) is 26.0 Å². The van der Waals surface area contributed by atoms with Gasteiger partial charge in [0.15, 0.2) is 5.78 Å². The largest absolute Gasteiger partial charge is 0.450 e. The van der Waals surface area contributed by atoms with Gasteiger partial charge < -0.3 is 20.7 Å². The highest BCUT2D eigenvalue weighted by Crippen LogP contribution is 2.12. The van der Waals surface area contributed by atoms with Gasteiger partial charge in [-0.3, -0.25) is 9.59 Å². The van der Waals surface area contributed by atoms with E-state index in [4.69, 9.17) is 5.26 Å². The number of ether oxygens (including phenoxy) is 1. The highest BCUT2D eigenvalue weighted by Gasteiger charge is 2.10. The van der Waals surface area contributed by atoms with E-state index in [1.807, 2.05) is 0 Å². The summed E-state index contributed by atoms with van der Waals surface area (Å²) in [6.07, 6.45) is 0.730. The SMILES string of the molecule is CCOC(=O)NCCN/C=C(/C#N)C(=O)Nc1cccc(C(C)=O)c1. The minimum Gasteiger partial charge on any atom is -0.450 e. The summed E-state index contributed by atoms with van der Waals surface area (Å²) in [5.41, 5.74) is 0.746. The van der Waals surface area contributed by atoms with Crippen molar-refractivity contribution in [2.45, 2.75) is 13.8 Å². The summed E-state index contributed by atoms with van der Waals surface area (Å²) < 4.78 is 4.69. The van der Waals surface area contributed by atoms with E-state index in [0.29, 0.717) is 17.8 Å². The zero-order valence-corrected chi connectivity index (χ0v) is 14.1. The van der Waals surface area contributed by atoms with Crippen LogP contribution >= 0.6 is 0 Å². The standard InChI is InChI=1S/C17H20N4O4/c1-3-25-17(24)20-8-7-19-11-14(10-18)16(23)21-15-6-4-5-13(9-15)12(2)22/h4-6,9,11,19H,3,7-8H2,1-2H3,(H,20,24)(H,21,23)/b14-11-. The first-order chi connectivity index (χ1) is 12.0. The van der Waals surface area contributed by atoms with Gasteiger partial charge in [0.1, 0.15) is 11.6 Å². The van der Waals surface area contributed by atoms with Gasteiger partial charge in [0, 0.05) is 30.5 Å². The molecule has 0 aliphatic carbocycles. The van der Waals surface area contributed by atoms with Crippen molar-refractivity contribution in [2.75, 3.05) is 25.0 Å². The molecule has 1 rings (SSSR count). The van der Waals surface area contributed by atoms with Crippen LogP contribution in [0, 0.1) is 11.3 Å². The Balaban J connectivity index is 2.54. The molecule has 8 nitrogen and oxygen atoms in total. The van der Waals surface area contributed by atoms with E-state index < -0.39 is 12.0 Å². The summed E-state index contributed by atoms with van der Waals surface area (Å²) in [6.45, 7) is 4.00. The molecule has 1 aromatic rings. The van der Waals surface area contributed by atoms with Crippen LogP contribution in [0.25, 0.3) is 0 Å². The number of alkyl carbamates (subject to hydrolysis) is 1. The lowest BCUT2D eigenvalue weighted by atomic mass is 10.1. The summed E-state index contributed by atoms with van der Waals surface area (Å²) in [6, 6.07) is 8.22. The van der Waals surface area contributed by atoms with Gasteiger partial charge >= 0.3 is 6.09 Å². The zero-order chi connectivity index (χ0) is 18.7. The van der Waals surface area contributed by atoms with Crippen LogP contribution < -0.4 is 16.0 Å². The van der Waals surface area contributed by atoms with Crippen LogP contribution in [0.4, 0.5) is 10.5 Å². The normalized spacial score (nSPS) is 10.4. The van der Waals surface area contributed by atoms with Crippen molar-refractivity contribution in [3.05, 3.63) is 41.6 Å². The molecule has 2 amide bonds. The minimum atomic E-state index is -0.603. The van der Waals surface area contributed by atoms with Crippen LogP contribution in [-0.2, 0) is 9.53 Å². The first kappa shape index (κ1) is 19.7. The third-order valence-electron chi connectivity index (χ3n) is 2.95. The summed E-state index contributed by atoms with van der Waals surface area (Å²) in [7, 11) is 0. The predicted octanol–water partition coefficient (Wildman–Crippen LogP) is 1.57. The Morgan fingerprint density at radius 1 is 1.28 bits per heavy atom. The smallest absolute Gasteiger partial charge is 0.407 e. The quantitative estimate of drug-likeness (QED) is 0.285. The Morgan fingerprint density at radius 3 is 2.68 bits per heavy atom. The minimum absolute atomic E-state index is 0.122. The maximum atomic E-state index is 12.1. The predicted molar refractivity (Wildman–Crippen MR) is 91.8 cm³/mol. The highest BCUT2D eigenvalue weighted by molar-refractivity contribution is 6.07. The number of hydrogen-bond donors (Lipinski definition) is 3. The first-order valence-corrected chi connectivity index (χ1v) is 7.64. The topological polar surface area (TPSA) is 120 Å². The molecule has 0 heterocycles. The average Bonchev–Trinajstić information content (AvgIpc) is 2.58. The molecule has 0 radical (unpaired) electrons. The van der Waals surface area contributed by atoms with E-state index in [9.17, 15) is 14.4 Å². The number of amides is 2. The molecule has 0 atom stereocenters. The number of rotatable bonds is 8. The maximum Gasteiger partial charge on any atom is 0.407 e. The summed E-state index contributed by atoms with van der Waals surface area (Å²) >= 11 is 0. The number of nitrogens with one attached hydrogen (secondary N) is 3. The molecule has 0 aromatic heterocycles. The fraction of sp³-hybridized carbons (Fsp3) is 0.294. The Labute approximate surface area is 145 Å². The molecule has 0 unspecified atom stereocenters. The molecule has 0 saturated heterocycles. The molecule has 1 aromatic carbocycles. The number of ketones is 1. The fourth-order valence-electron chi connectivity index (χ4n) is 1.76. The molecular formula is C17H20N4O4. The van der Waals surface area contributed by atoms with Gasteiger partial charge in [-0.25, -0.2) is 4.79 Å². The summed E-state index contributed by atoms with van der Waals surface area (Å²) in [4.78, 5) is 34.5. The second-order valence-electron chi connectivity index (χ2n) is 4.86. The molecule has 0 bridgehead atoms. The molecule has 25 heavy (non-hydrogen) atoms. The molecular weight excluding hydrogens is 324 g/mol. The number of Topliss-reactive ketones (excluding diaryl/α,β-unsaturated/α-hetero) is 1. The van der Waals surface area contributed by atoms with Gasteiger partial charge in [-0.1, -0.05) is 12.1 Å².